The van der Waals surface area contributed by atoms with Crippen LogP contribution in [0.2, 0.25) is 0 Å². The molecule has 184 valence electrons. The predicted molar refractivity (Wildman–Crippen MR) is 146 cm³/mol. The van der Waals surface area contributed by atoms with Gasteiger partial charge in [0.15, 0.2) is 5.75 Å². The lowest BCUT2D eigenvalue weighted by atomic mass is 10.2. The Hall–Kier alpha value is -3.75. The summed E-state index contributed by atoms with van der Waals surface area (Å²) in [5, 5.41) is 2.79. The van der Waals surface area contributed by atoms with Gasteiger partial charge in [0, 0.05) is 16.3 Å². The first-order valence-electron chi connectivity index (χ1n) is 11.2. The van der Waals surface area contributed by atoms with Crippen molar-refractivity contribution >= 4 is 39.1 Å². The number of thioether (sulfide) groups is 1. The van der Waals surface area contributed by atoms with Gasteiger partial charge in [0.05, 0.1) is 11.9 Å². The summed E-state index contributed by atoms with van der Waals surface area (Å²) in [7, 11) is -3.77. The zero-order valence-corrected chi connectivity index (χ0v) is 21.3. The van der Waals surface area contributed by atoms with Gasteiger partial charge in [-0.15, -0.1) is 11.8 Å². The molecule has 0 aliphatic carbocycles. The van der Waals surface area contributed by atoms with Crippen LogP contribution >= 0.6 is 11.8 Å². The maximum atomic E-state index is 12.8. The van der Waals surface area contributed by atoms with Gasteiger partial charge in [-0.05, 0) is 54.1 Å². The highest BCUT2D eigenvalue weighted by atomic mass is 32.2. The van der Waals surface area contributed by atoms with E-state index in [1.54, 1.807) is 48.2 Å². The number of carbonyl (C=O) groups excluding carboxylic acids is 1. The van der Waals surface area contributed by atoms with Crippen LogP contribution in [0.1, 0.15) is 5.56 Å². The summed E-state index contributed by atoms with van der Waals surface area (Å²) in [6.45, 7) is -0.389. The van der Waals surface area contributed by atoms with Gasteiger partial charge in [0.25, 0.3) is 0 Å². The molecule has 0 spiro atoms. The van der Waals surface area contributed by atoms with Crippen LogP contribution in [0.3, 0.4) is 0 Å². The molecule has 0 aliphatic rings. The molecule has 0 saturated carbocycles. The normalized spacial score (nSPS) is 11.0. The number of sulfonamides is 1. The van der Waals surface area contributed by atoms with Gasteiger partial charge in [-0.1, -0.05) is 60.7 Å². The molecule has 6 nitrogen and oxygen atoms in total. The molecule has 4 rings (SSSR count). The molecular weight excluding hydrogens is 492 g/mol. The molecule has 1 amide bonds. The Kier molecular flexibility index (Phi) is 8.30. The standard InChI is InChI=1S/C28H26N2O4S2/c1-36(32,33)30(26-14-8-9-15-27(26)34-24-10-4-2-5-11-24)20-28(31)29-23-18-16-22(17-19-23)21-35-25-12-6-3-7-13-25/h2-19H,20-21H2,1H3,(H,29,31). The van der Waals surface area contributed by atoms with E-state index in [9.17, 15) is 13.2 Å². The Balaban J connectivity index is 1.44. The van der Waals surface area contributed by atoms with E-state index in [0.717, 1.165) is 21.9 Å². The number of hydrogen-bond acceptors (Lipinski definition) is 5. The molecule has 0 atom stereocenters. The van der Waals surface area contributed by atoms with Gasteiger partial charge >= 0.3 is 0 Å². The summed E-state index contributed by atoms with van der Waals surface area (Å²) >= 11 is 1.73. The summed E-state index contributed by atoms with van der Waals surface area (Å²) in [5.41, 5.74) is 2.00. The summed E-state index contributed by atoms with van der Waals surface area (Å²) in [5.74, 6) is 1.25. The average molecular weight is 519 g/mol. The Morgan fingerprint density at radius 3 is 2.11 bits per heavy atom. The number of carbonyl (C=O) groups is 1. The first-order valence-corrected chi connectivity index (χ1v) is 14.1. The maximum Gasteiger partial charge on any atom is 0.245 e. The number of rotatable bonds is 10. The number of nitrogens with zero attached hydrogens (tertiary/aromatic N) is 1. The second-order valence-electron chi connectivity index (χ2n) is 8.00. The molecule has 8 heteroatoms. The molecule has 0 fully saturated rings. The van der Waals surface area contributed by atoms with Gasteiger partial charge in [-0.25, -0.2) is 8.42 Å². The quantitative estimate of drug-likeness (QED) is 0.254. The molecular formula is C28H26N2O4S2. The molecule has 0 aliphatic heterocycles. The van der Waals surface area contributed by atoms with Gasteiger partial charge in [-0.3, -0.25) is 9.10 Å². The molecule has 1 N–H and O–H groups in total. The minimum atomic E-state index is -3.77. The molecule has 4 aromatic carbocycles. The smallest absolute Gasteiger partial charge is 0.245 e. The fraction of sp³-hybridized carbons (Fsp3) is 0.107. The first kappa shape index (κ1) is 25.3. The molecule has 0 aromatic heterocycles. The van der Waals surface area contributed by atoms with Crippen LogP contribution in [0.4, 0.5) is 11.4 Å². The molecule has 0 bridgehead atoms. The topological polar surface area (TPSA) is 75.7 Å². The van der Waals surface area contributed by atoms with E-state index >= 15 is 0 Å². The van der Waals surface area contributed by atoms with Crippen LogP contribution in [0, 0.1) is 0 Å². The molecule has 0 unspecified atom stereocenters. The van der Waals surface area contributed by atoms with Crippen LogP contribution < -0.4 is 14.4 Å². The van der Waals surface area contributed by atoms with Crippen LogP contribution in [-0.2, 0) is 20.6 Å². The van der Waals surface area contributed by atoms with E-state index in [1.807, 2.05) is 60.7 Å². The molecule has 4 aromatic rings. The largest absolute Gasteiger partial charge is 0.455 e. The van der Waals surface area contributed by atoms with E-state index in [4.69, 9.17) is 4.74 Å². The summed E-state index contributed by atoms with van der Waals surface area (Å²) < 4.78 is 32.3. The van der Waals surface area contributed by atoms with E-state index in [2.05, 4.69) is 17.4 Å². The molecule has 0 radical (unpaired) electrons. The van der Waals surface area contributed by atoms with Crippen molar-refractivity contribution in [1.82, 2.24) is 0 Å². The van der Waals surface area contributed by atoms with Crippen LogP contribution in [-0.4, -0.2) is 27.1 Å². The van der Waals surface area contributed by atoms with Crippen molar-refractivity contribution in [3.8, 4) is 11.5 Å². The Morgan fingerprint density at radius 2 is 1.44 bits per heavy atom. The number of nitrogens with one attached hydrogen (secondary N) is 1. The van der Waals surface area contributed by atoms with Gasteiger partial charge in [0.1, 0.15) is 12.3 Å². The van der Waals surface area contributed by atoms with Crippen molar-refractivity contribution in [2.24, 2.45) is 0 Å². The lowest BCUT2D eigenvalue weighted by Crippen LogP contribution is -2.37. The summed E-state index contributed by atoms with van der Waals surface area (Å²) in [4.78, 5) is 14.0. The fourth-order valence-corrected chi connectivity index (χ4v) is 5.18. The number of ether oxygens (including phenoxy) is 1. The fourth-order valence-electron chi connectivity index (χ4n) is 3.44. The number of benzene rings is 4. The van der Waals surface area contributed by atoms with Crippen molar-refractivity contribution in [1.29, 1.82) is 0 Å². The minimum Gasteiger partial charge on any atom is -0.455 e. The lowest BCUT2D eigenvalue weighted by molar-refractivity contribution is -0.114. The van der Waals surface area contributed by atoms with Crippen molar-refractivity contribution < 1.29 is 17.9 Å². The van der Waals surface area contributed by atoms with Crippen molar-refractivity contribution in [3.05, 3.63) is 115 Å². The molecule has 0 saturated heterocycles. The van der Waals surface area contributed by atoms with E-state index in [-0.39, 0.29) is 12.2 Å². The van der Waals surface area contributed by atoms with E-state index in [1.165, 1.54) is 4.90 Å². The monoisotopic (exact) mass is 518 g/mol. The molecule has 36 heavy (non-hydrogen) atoms. The Labute approximate surface area is 216 Å². The SMILES string of the molecule is CS(=O)(=O)N(CC(=O)Nc1ccc(CSc2ccccc2)cc1)c1ccccc1Oc1ccccc1. The number of hydrogen-bond donors (Lipinski definition) is 1. The highest BCUT2D eigenvalue weighted by molar-refractivity contribution is 7.98. The van der Waals surface area contributed by atoms with Gasteiger partial charge in [-0.2, -0.15) is 0 Å². The number of amides is 1. The van der Waals surface area contributed by atoms with Crippen molar-refractivity contribution in [3.63, 3.8) is 0 Å². The second kappa shape index (κ2) is 11.8. The lowest BCUT2D eigenvalue weighted by Gasteiger charge is -2.24. The maximum absolute atomic E-state index is 12.8. The molecule has 0 heterocycles. The van der Waals surface area contributed by atoms with Gasteiger partial charge < -0.3 is 10.1 Å². The van der Waals surface area contributed by atoms with Crippen LogP contribution in [0.5, 0.6) is 11.5 Å². The summed E-state index contributed by atoms with van der Waals surface area (Å²) in [6.07, 6.45) is 1.07. The van der Waals surface area contributed by atoms with Crippen LogP contribution in [0.25, 0.3) is 0 Å². The highest BCUT2D eigenvalue weighted by Crippen LogP contribution is 2.33. The average Bonchev–Trinajstić information content (AvgIpc) is 2.88. The second-order valence-corrected chi connectivity index (χ2v) is 11.0. The van der Waals surface area contributed by atoms with E-state index < -0.39 is 15.9 Å². The number of anilines is 2. The third-order valence-electron chi connectivity index (χ3n) is 5.18. The third kappa shape index (κ3) is 7.13. The van der Waals surface area contributed by atoms with Crippen LogP contribution in [0.15, 0.2) is 114 Å². The zero-order chi connectivity index (χ0) is 25.4. The van der Waals surface area contributed by atoms with Gasteiger partial charge in [0.2, 0.25) is 15.9 Å². The van der Waals surface area contributed by atoms with Crippen molar-refractivity contribution in [2.45, 2.75) is 10.6 Å². The predicted octanol–water partition coefficient (Wildman–Crippen LogP) is 6.18. The van der Waals surface area contributed by atoms with Crippen molar-refractivity contribution in [2.75, 3.05) is 22.4 Å². The minimum absolute atomic E-state index is 0.285. The third-order valence-corrected chi connectivity index (χ3v) is 7.39. The Bertz CT molecular complexity index is 1390. The zero-order valence-electron chi connectivity index (χ0n) is 19.7. The summed E-state index contributed by atoms with van der Waals surface area (Å²) in [6, 6.07) is 33.5. The Morgan fingerprint density at radius 1 is 0.833 bits per heavy atom. The van der Waals surface area contributed by atoms with E-state index in [0.29, 0.717) is 17.2 Å². The first-order chi connectivity index (χ1) is 17.4. The number of para-hydroxylation sites is 3. The highest BCUT2D eigenvalue weighted by Gasteiger charge is 2.24.